The molecule has 1 atom stereocenters. The second-order valence-electron chi connectivity index (χ2n) is 4.10. The summed E-state index contributed by atoms with van der Waals surface area (Å²) < 4.78 is 23.2. The second kappa shape index (κ2) is 8.58. The lowest BCUT2D eigenvalue weighted by Crippen LogP contribution is -2.43. The van der Waals surface area contributed by atoms with E-state index in [1.807, 2.05) is 0 Å². The molecule has 0 saturated heterocycles. The third kappa shape index (κ3) is 6.09. The van der Waals surface area contributed by atoms with Crippen molar-refractivity contribution in [1.29, 1.82) is 0 Å². The number of hydrogen-bond acceptors (Lipinski definition) is 4. The molecule has 0 spiro atoms. The van der Waals surface area contributed by atoms with Crippen molar-refractivity contribution in [3.63, 3.8) is 0 Å². The van der Waals surface area contributed by atoms with Gasteiger partial charge in [-0.2, -0.15) is 0 Å². The Bertz CT molecular complexity index is 511. The van der Waals surface area contributed by atoms with Crippen LogP contribution in [0.25, 0.3) is 0 Å². The minimum atomic E-state index is -1.15. The lowest BCUT2D eigenvalue weighted by Gasteiger charge is -2.14. The van der Waals surface area contributed by atoms with E-state index in [4.69, 9.17) is 14.6 Å². The Hall–Kier alpha value is -1.67. The molecule has 0 heterocycles. The monoisotopic (exact) mass is 363 g/mol. The Kier molecular flexibility index (Phi) is 7.10. The van der Waals surface area contributed by atoms with Crippen LogP contribution >= 0.6 is 15.9 Å². The molecule has 6 nitrogen and oxygen atoms in total. The van der Waals surface area contributed by atoms with Gasteiger partial charge in [0.05, 0.1) is 4.47 Å². The van der Waals surface area contributed by atoms with Crippen LogP contribution in [0, 0.1) is 5.82 Å². The zero-order chi connectivity index (χ0) is 15.8. The van der Waals surface area contributed by atoms with Crippen LogP contribution in [0.1, 0.15) is 6.42 Å². The lowest BCUT2D eigenvalue weighted by molar-refractivity contribution is -0.142. The van der Waals surface area contributed by atoms with Crippen LogP contribution in [0.3, 0.4) is 0 Å². The second-order valence-corrected chi connectivity index (χ2v) is 4.96. The largest absolute Gasteiger partial charge is 0.483 e. The molecule has 1 aromatic carbocycles. The van der Waals surface area contributed by atoms with Crippen LogP contribution in [0.2, 0.25) is 0 Å². The predicted molar refractivity (Wildman–Crippen MR) is 75.7 cm³/mol. The molecule has 0 aliphatic rings. The Morgan fingerprint density at radius 3 is 2.76 bits per heavy atom. The number of benzene rings is 1. The molecular formula is C13H15BrFNO5. The molecule has 2 N–H and O–H groups in total. The summed E-state index contributed by atoms with van der Waals surface area (Å²) in [7, 11) is 1.44. The minimum absolute atomic E-state index is 0.151. The molecular weight excluding hydrogens is 349 g/mol. The van der Waals surface area contributed by atoms with Gasteiger partial charge >= 0.3 is 5.97 Å². The maximum Gasteiger partial charge on any atom is 0.326 e. The molecule has 0 saturated carbocycles. The predicted octanol–water partition coefficient (Wildman–Crippen LogP) is 1.57. The maximum atomic E-state index is 12.9. The summed E-state index contributed by atoms with van der Waals surface area (Å²) in [4.78, 5) is 22.6. The number of methoxy groups -OCH3 is 1. The van der Waals surface area contributed by atoms with E-state index in [9.17, 15) is 14.0 Å². The van der Waals surface area contributed by atoms with Crippen LogP contribution in [-0.2, 0) is 14.3 Å². The first-order chi connectivity index (χ1) is 9.93. The lowest BCUT2D eigenvalue weighted by atomic mass is 10.2. The van der Waals surface area contributed by atoms with E-state index >= 15 is 0 Å². The number of amides is 1. The fourth-order valence-electron chi connectivity index (χ4n) is 1.46. The minimum Gasteiger partial charge on any atom is -0.483 e. The molecule has 116 valence electrons. The van der Waals surface area contributed by atoms with Crippen LogP contribution in [-0.4, -0.2) is 43.3 Å². The van der Waals surface area contributed by atoms with Gasteiger partial charge in [0, 0.05) is 20.1 Å². The highest BCUT2D eigenvalue weighted by atomic mass is 79.9. The normalized spacial score (nSPS) is 11.8. The molecule has 1 rings (SSSR count). The summed E-state index contributed by atoms with van der Waals surface area (Å²) in [5.74, 6) is -1.89. The maximum absolute atomic E-state index is 12.9. The molecule has 0 fully saturated rings. The van der Waals surface area contributed by atoms with Crippen molar-refractivity contribution in [2.24, 2.45) is 0 Å². The Labute approximate surface area is 129 Å². The molecule has 1 unspecified atom stereocenters. The Balaban J connectivity index is 2.50. The molecule has 0 radical (unpaired) electrons. The van der Waals surface area contributed by atoms with Crippen LogP contribution in [0.15, 0.2) is 22.7 Å². The van der Waals surface area contributed by atoms with E-state index in [0.717, 1.165) is 0 Å². The standard InChI is InChI=1S/C13H15BrFNO5/c1-20-5-4-10(13(18)19)16-12(17)7-21-11-3-2-8(15)6-9(11)14/h2-3,6,10H,4-5,7H2,1H3,(H,16,17)(H,18,19). The van der Waals surface area contributed by atoms with Crippen LogP contribution in [0.5, 0.6) is 5.75 Å². The quantitative estimate of drug-likeness (QED) is 0.732. The van der Waals surface area contributed by atoms with Crippen molar-refractivity contribution in [1.82, 2.24) is 5.32 Å². The molecule has 0 bridgehead atoms. The van der Waals surface area contributed by atoms with Gasteiger partial charge in [-0.1, -0.05) is 0 Å². The van der Waals surface area contributed by atoms with Crippen LogP contribution < -0.4 is 10.1 Å². The van der Waals surface area contributed by atoms with Crippen molar-refractivity contribution in [2.75, 3.05) is 20.3 Å². The summed E-state index contributed by atoms with van der Waals surface area (Å²) in [6.07, 6.45) is 0.151. The van der Waals surface area contributed by atoms with Gasteiger partial charge in [-0.05, 0) is 34.1 Å². The number of carboxylic acid groups (broad SMARTS) is 1. The summed E-state index contributed by atoms with van der Waals surface area (Å²) in [6, 6.07) is 2.71. The molecule has 1 aromatic rings. The summed E-state index contributed by atoms with van der Waals surface area (Å²) >= 11 is 3.10. The van der Waals surface area contributed by atoms with E-state index in [-0.39, 0.29) is 25.4 Å². The highest BCUT2D eigenvalue weighted by Gasteiger charge is 2.19. The molecule has 0 aliphatic heterocycles. The average molecular weight is 364 g/mol. The first kappa shape index (κ1) is 17.4. The molecule has 0 aromatic heterocycles. The number of carbonyl (C=O) groups excluding carboxylic acids is 1. The number of halogens is 2. The summed E-state index contributed by atoms with van der Waals surface area (Å²) in [6.45, 7) is -0.164. The van der Waals surface area contributed by atoms with Crippen molar-refractivity contribution < 1.29 is 28.6 Å². The smallest absolute Gasteiger partial charge is 0.326 e. The fourth-order valence-corrected chi connectivity index (χ4v) is 1.93. The fraction of sp³-hybridized carbons (Fsp3) is 0.385. The first-order valence-electron chi connectivity index (χ1n) is 6.03. The van der Waals surface area contributed by atoms with Crippen molar-refractivity contribution in [3.8, 4) is 5.75 Å². The Morgan fingerprint density at radius 1 is 1.48 bits per heavy atom. The van der Waals surface area contributed by atoms with Gasteiger partial charge in [0.2, 0.25) is 0 Å². The number of carbonyl (C=O) groups is 2. The van der Waals surface area contributed by atoms with Gasteiger partial charge < -0.3 is 19.9 Å². The van der Waals surface area contributed by atoms with Gasteiger partial charge in [-0.3, -0.25) is 4.79 Å². The number of hydrogen-bond donors (Lipinski definition) is 2. The molecule has 8 heteroatoms. The average Bonchev–Trinajstić information content (AvgIpc) is 2.42. The zero-order valence-corrected chi connectivity index (χ0v) is 12.9. The van der Waals surface area contributed by atoms with Gasteiger partial charge in [0.25, 0.3) is 5.91 Å². The molecule has 0 aliphatic carbocycles. The third-order valence-corrected chi connectivity index (χ3v) is 3.12. The van der Waals surface area contributed by atoms with E-state index < -0.39 is 23.7 Å². The van der Waals surface area contributed by atoms with E-state index in [2.05, 4.69) is 21.2 Å². The Morgan fingerprint density at radius 2 is 2.19 bits per heavy atom. The van der Waals surface area contributed by atoms with E-state index in [1.54, 1.807) is 0 Å². The van der Waals surface area contributed by atoms with Gasteiger partial charge in [-0.15, -0.1) is 0 Å². The number of ether oxygens (including phenoxy) is 2. The van der Waals surface area contributed by atoms with E-state index in [0.29, 0.717) is 4.47 Å². The van der Waals surface area contributed by atoms with Gasteiger partial charge in [0.15, 0.2) is 6.61 Å². The van der Waals surface area contributed by atoms with Crippen molar-refractivity contribution in [3.05, 3.63) is 28.5 Å². The SMILES string of the molecule is COCCC(NC(=O)COc1ccc(F)cc1Br)C(=O)O. The highest BCUT2D eigenvalue weighted by molar-refractivity contribution is 9.10. The van der Waals surface area contributed by atoms with Gasteiger partial charge in [0.1, 0.15) is 17.6 Å². The van der Waals surface area contributed by atoms with Crippen LogP contribution in [0.4, 0.5) is 4.39 Å². The molecule has 1 amide bonds. The number of rotatable bonds is 8. The number of carboxylic acids is 1. The summed E-state index contributed by atoms with van der Waals surface area (Å²) in [5, 5.41) is 11.3. The summed E-state index contributed by atoms with van der Waals surface area (Å²) in [5.41, 5.74) is 0. The van der Waals surface area contributed by atoms with Gasteiger partial charge in [-0.25, -0.2) is 9.18 Å². The first-order valence-corrected chi connectivity index (χ1v) is 6.82. The van der Waals surface area contributed by atoms with Crippen molar-refractivity contribution in [2.45, 2.75) is 12.5 Å². The van der Waals surface area contributed by atoms with Crippen molar-refractivity contribution >= 4 is 27.8 Å². The topological polar surface area (TPSA) is 84.9 Å². The number of aliphatic carboxylic acids is 1. The highest BCUT2D eigenvalue weighted by Crippen LogP contribution is 2.25. The third-order valence-electron chi connectivity index (χ3n) is 2.50. The zero-order valence-electron chi connectivity index (χ0n) is 11.3. The number of nitrogens with one attached hydrogen (secondary N) is 1. The molecule has 21 heavy (non-hydrogen) atoms. The van der Waals surface area contributed by atoms with E-state index in [1.165, 1.54) is 25.3 Å².